The van der Waals surface area contributed by atoms with Crippen molar-refractivity contribution >= 4 is 0 Å². The molecule has 0 unspecified atom stereocenters. The van der Waals surface area contributed by atoms with E-state index in [0.717, 1.165) is 0 Å². The van der Waals surface area contributed by atoms with Crippen LogP contribution >= 0.6 is 0 Å². The third-order valence-electron chi connectivity index (χ3n) is 2.11. The van der Waals surface area contributed by atoms with E-state index in [1.165, 1.54) is 12.3 Å². The molecular weight excluding hydrogens is 207 g/mol. The van der Waals surface area contributed by atoms with E-state index in [0.29, 0.717) is 11.3 Å². The first-order valence-electron chi connectivity index (χ1n) is 4.87. The van der Waals surface area contributed by atoms with Gasteiger partial charge in [-0.15, -0.1) is 0 Å². The second kappa shape index (κ2) is 4.72. The van der Waals surface area contributed by atoms with Gasteiger partial charge in [0, 0.05) is 18.3 Å². The number of aromatic nitrogens is 1. The van der Waals surface area contributed by atoms with Crippen LogP contribution in [0.4, 0.5) is 4.39 Å². The van der Waals surface area contributed by atoms with Gasteiger partial charge in [-0.2, -0.15) is 0 Å². The molecular formula is C12H11FN2O. The molecule has 0 saturated heterocycles. The molecule has 1 aromatic heterocycles. The lowest BCUT2D eigenvalue weighted by Gasteiger charge is -2.07. The summed E-state index contributed by atoms with van der Waals surface area (Å²) < 4.78 is 19.0. The van der Waals surface area contributed by atoms with Crippen LogP contribution < -0.4 is 10.5 Å². The highest BCUT2D eigenvalue weighted by Crippen LogP contribution is 2.23. The molecule has 0 aliphatic carbocycles. The highest BCUT2D eigenvalue weighted by Gasteiger charge is 2.10. The maximum atomic E-state index is 13.7. The zero-order valence-corrected chi connectivity index (χ0v) is 8.56. The number of pyridine rings is 1. The lowest BCUT2D eigenvalue weighted by Crippen LogP contribution is -2.02. The summed E-state index contributed by atoms with van der Waals surface area (Å²) >= 11 is 0. The Balaban J connectivity index is 2.28. The molecule has 0 atom stereocenters. The van der Waals surface area contributed by atoms with Crippen LogP contribution in [-0.2, 0) is 6.54 Å². The van der Waals surface area contributed by atoms with Crippen LogP contribution in [0.3, 0.4) is 0 Å². The molecule has 82 valence electrons. The summed E-state index contributed by atoms with van der Waals surface area (Å²) in [6.07, 6.45) is 1.48. The minimum atomic E-state index is -0.506. The predicted molar refractivity (Wildman–Crippen MR) is 58.6 cm³/mol. The largest absolute Gasteiger partial charge is 0.436 e. The van der Waals surface area contributed by atoms with E-state index in [4.69, 9.17) is 10.5 Å². The molecule has 0 saturated carbocycles. The fourth-order valence-corrected chi connectivity index (χ4v) is 1.29. The van der Waals surface area contributed by atoms with E-state index in [2.05, 4.69) is 4.98 Å². The van der Waals surface area contributed by atoms with Gasteiger partial charge in [0.2, 0.25) is 0 Å². The van der Waals surface area contributed by atoms with E-state index in [9.17, 15) is 4.39 Å². The highest BCUT2D eigenvalue weighted by atomic mass is 19.1. The Morgan fingerprint density at radius 2 is 1.94 bits per heavy atom. The van der Waals surface area contributed by atoms with Crippen LogP contribution in [0, 0.1) is 5.82 Å². The number of hydrogen-bond donors (Lipinski definition) is 1. The van der Waals surface area contributed by atoms with Crippen molar-refractivity contribution in [2.75, 3.05) is 0 Å². The number of para-hydroxylation sites is 1. The fourth-order valence-electron chi connectivity index (χ4n) is 1.29. The van der Waals surface area contributed by atoms with Crippen molar-refractivity contribution in [1.29, 1.82) is 0 Å². The summed E-state index contributed by atoms with van der Waals surface area (Å²) in [7, 11) is 0. The van der Waals surface area contributed by atoms with Crippen molar-refractivity contribution < 1.29 is 9.13 Å². The first-order chi connectivity index (χ1) is 7.81. The highest BCUT2D eigenvalue weighted by molar-refractivity contribution is 5.30. The molecule has 1 heterocycles. The Bertz CT molecular complexity index is 474. The van der Waals surface area contributed by atoms with Crippen molar-refractivity contribution in [3.05, 3.63) is 54.0 Å². The Kier molecular flexibility index (Phi) is 3.12. The van der Waals surface area contributed by atoms with Crippen LogP contribution in [0.5, 0.6) is 11.6 Å². The predicted octanol–water partition coefficient (Wildman–Crippen LogP) is 2.47. The van der Waals surface area contributed by atoms with Crippen molar-refractivity contribution in [2.24, 2.45) is 5.73 Å². The van der Waals surface area contributed by atoms with Gasteiger partial charge in [-0.25, -0.2) is 9.37 Å². The average molecular weight is 218 g/mol. The average Bonchev–Trinajstić information content (AvgIpc) is 2.33. The Hall–Kier alpha value is -1.94. The number of hydrogen-bond acceptors (Lipinski definition) is 3. The molecule has 0 aliphatic rings. The molecule has 4 heteroatoms. The molecule has 2 N–H and O–H groups in total. The summed E-state index contributed by atoms with van der Waals surface area (Å²) in [5.74, 6) is -0.00826. The third kappa shape index (κ3) is 2.17. The van der Waals surface area contributed by atoms with Gasteiger partial charge >= 0.3 is 0 Å². The number of rotatable bonds is 3. The normalized spacial score (nSPS) is 10.1. The van der Waals surface area contributed by atoms with Gasteiger partial charge in [-0.05, 0) is 18.2 Å². The summed E-state index contributed by atoms with van der Waals surface area (Å²) in [5, 5.41) is 0. The molecule has 3 nitrogen and oxygen atoms in total. The summed E-state index contributed by atoms with van der Waals surface area (Å²) in [6.45, 7) is 0.125. The molecule has 1 aromatic carbocycles. The van der Waals surface area contributed by atoms with Crippen LogP contribution in [0.2, 0.25) is 0 Å². The smallest absolute Gasteiger partial charge is 0.256 e. The third-order valence-corrected chi connectivity index (χ3v) is 2.11. The second-order valence-electron chi connectivity index (χ2n) is 3.21. The molecule has 0 radical (unpaired) electrons. The second-order valence-corrected chi connectivity index (χ2v) is 3.21. The zero-order valence-electron chi connectivity index (χ0n) is 8.56. The van der Waals surface area contributed by atoms with Crippen molar-refractivity contribution in [1.82, 2.24) is 4.98 Å². The molecule has 0 amide bonds. The van der Waals surface area contributed by atoms with Gasteiger partial charge in [-0.3, -0.25) is 0 Å². The van der Waals surface area contributed by atoms with Gasteiger partial charge in [0.15, 0.2) is 5.82 Å². The molecule has 0 fully saturated rings. The Labute approximate surface area is 92.7 Å². The molecule has 2 rings (SSSR count). The number of nitrogens with two attached hydrogens (primary N) is 1. The van der Waals surface area contributed by atoms with E-state index >= 15 is 0 Å². The molecule has 0 spiro atoms. The lowest BCUT2D eigenvalue weighted by atomic mass is 10.2. The quantitative estimate of drug-likeness (QED) is 0.860. The lowest BCUT2D eigenvalue weighted by molar-refractivity contribution is 0.419. The number of ether oxygens (including phenoxy) is 1. The first kappa shape index (κ1) is 10.6. The van der Waals surface area contributed by atoms with Crippen LogP contribution in [0.25, 0.3) is 0 Å². The fraction of sp³-hybridized carbons (Fsp3) is 0.0833. The van der Waals surface area contributed by atoms with Gasteiger partial charge in [0.1, 0.15) is 5.75 Å². The van der Waals surface area contributed by atoms with Crippen LogP contribution in [0.15, 0.2) is 42.6 Å². The topological polar surface area (TPSA) is 48.1 Å². The molecule has 2 aromatic rings. The van der Waals surface area contributed by atoms with Crippen molar-refractivity contribution in [3.63, 3.8) is 0 Å². The van der Waals surface area contributed by atoms with E-state index in [-0.39, 0.29) is 12.4 Å². The van der Waals surface area contributed by atoms with Crippen LogP contribution in [0.1, 0.15) is 5.56 Å². The van der Waals surface area contributed by atoms with E-state index in [1.54, 1.807) is 24.3 Å². The number of halogens is 1. The zero-order chi connectivity index (χ0) is 11.4. The molecule has 0 aliphatic heterocycles. The van der Waals surface area contributed by atoms with Gasteiger partial charge in [0.05, 0.1) is 0 Å². The number of nitrogens with zero attached hydrogens (tertiary/aromatic N) is 1. The van der Waals surface area contributed by atoms with Gasteiger partial charge in [0.25, 0.3) is 5.88 Å². The van der Waals surface area contributed by atoms with Crippen LogP contribution in [-0.4, -0.2) is 4.98 Å². The maximum Gasteiger partial charge on any atom is 0.256 e. The van der Waals surface area contributed by atoms with Crippen molar-refractivity contribution in [2.45, 2.75) is 6.54 Å². The molecule has 0 bridgehead atoms. The molecule has 16 heavy (non-hydrogen) atoms. The standard InChI is InChI=1S/C12H11FN2O/c13-11-9(8-14)6-7-15-12(11)16-10-4-2-1-3-5-10/h1-7H,8,14H2. The van der Waals surface area contributed by atoms with Gasteiger partial charge < -0.3 is 10.5 Å². The maximum absolute atomic E-state index is 13.7. The summed E-state index contributed by atoms with van der Waals surface area (Å²) in [5.41, 5.74) is 5.78. The first-order valence-corrected chi connectivity index (χ1v) is 4.87. The van der Waals surface area contributed by atoms with E-state index in [1.807, 2.05) is 6.07 Å². The Morgan fingerprint density at radius 3 is 2.62 bits per heavy atom. The monoisotopic (exact) mass is 218 g/mol. The Morgan fingerprint density at radius 1 is 1.19 bits per heavy atom. The minimum absolute atomic E-state index is 0.0471. The number of benzene rings is 1. The van der Waals surface area contributed by atoms with Gasteiger partial charge in [-0.1, -0.05) is 18.2 Å². The SMILES string of the molecule is NCc1ccnc(Oc2ccccc2)c1F. The summed E-state index contributed by atoms with van der Waals surface area (Å²) in [6, 6.07) is 10.5. The van der Waals surface area contributed by atoms with Crippen molar-refractivity contribution in [3.8, 4) is 11.6 Å². The van der Waals surface area contributed by atoms with E-state index < -0.39 is 5.82 Å². The summed E-state index contributed by atoms with van der Waals surface area (Å²) in [4.78, 5) is 3.83. The minimum Gasteiger partial charge on any atom is -0.436 e.